The van der Waals surface area contributed by atoms with Crippen LogP contribution >= 0.6 is 0 Å². The average molecular weight is 532 g/mol. The molecule has 196 valence electrons. The van der Waals surface area contributed by atoms with Gasteiger partial charge in [-0.1, -0.05) is 6.07 Å². The summed E-state index contributed by atoms with van der Waals surface area (Å²) < 4.78 is 82.4. The van der Waals surface area contributed by atoms with Crippen molar-refractivity contribution in [3.05, 3.63) is 90.0 Å². The van der Waals surface area contributed by atoms with E-state index < -0.39 is 24.1 Å². The fraction of sp³-hybridized carbons (Fsp3) is 0.160. The minimum Gasteiger partial charge on any atom is -0.486 e. The topological polar surface area (TPSA) is 78.7 Å². The zero-order valence-electron chi connectivity index (χ0n) is 19.4. The molecule has 0 spiro atoms. The van der Waals surface area contributed by atoms with E-state index in [2.05, 4.69) is 19.6 Å². The lowest BCUT2D eigenvalue weighted by atomic mass is 10.1. The highest BCUT2D eigenvalue weighted by Gasteiger charge is 2.43. The molecule has 0 bridgehead atoms. The molecule has 38 heavy (non-hydrogen) atoms. The van der Waals surface area contributed by atoms with Crippen LogP contribution in [-0.4, -0.2) is 34.0 Å². The van der Waals surface area contributed by atoms with Crippen LogP contribution in [0.25, 0.3) is 5.69 Å². The summed E-state index contributed by atoms with van der Waals surface area (Å²) in [7, 11) is 1.41. The van der Waals surface area contributed by atoms with Crippen LogP contribution in [0.4, 0.5) is 27.6 Å². The Balaban J connectivity index is 1.43. The lowest BCUT2D eigenvalue weighted by molar-refractivity contribution is -0.286. The summed E-state index contributed by atoms with van der Waals surface area (Å²) in [6.45, 7) is -0.255. The quantitative estimate of drug-likeness (QED) is 0.307. The standard InChI is InChI=1S/C25H17F5N4O4/c1-33(16-7-8-20-21(11-16)38-25(29,30)37-20)23(35)15-4-2-5-17(10-15)34-18(12-22(32-34)24(26,27)28)14-36-19-6-3-9-31-13-19/h2-13H,14H2,1H3. The summed E-state index contributed by atoms with van der Waals surface area (Å²) in [4.78, 5) is 18.3. The molecule has 0 unspecified atom stereocenters. The summed E-state index contributed by atoms with van der Waals surface area (Å²) in [5.41, 5.74) is -0.542. The van der Waals surface area contributed by atoms with Crippen molar-refractivity contribution in [3.63, 3.8) is 0 Å². The molecule has 0 saturated heterocycles. The Morgan fingerprint density at radius 3 is 2.58 bits per heavy atom. The Hall–Kier alpha value is -4.68. The number of carbonyl (C=O) groups is 1. The Labute approximate surface area is 211 Å². The van der Waals surface area contributed by atoms with Crippen LogP contribution in [0.3, 0.4) is 0 Å². The Bertz CT molecular complexity index is 1490. The van der Waals surface area contributed by atoms with Crippen LogP contribution in [-0.2, 0) is 12.8 Å². The Kier molecular flexibility index (Phi) is 6.13. The molecule has 0 aliphatic carbocycles. The summed E-state index contributed by atoms with van der Waals surface area (Å²) in [5.74, 6) is -0.633. The van der Waals surface area contributed by atoms with Gasteiger partial charge in [0, 0.05) is 30.6 Å². The van der Waals surface area contributed by atoms with Gasteiger partial charge >= 0.3 is 12.5 Å². The zero-order chi connectivity index (χ0) is 27.1. The summed E-state index contributed by atoms with van der Waals surface area (Å²) in [6, 6.07) is 13.7. The van der Waals surface area contributed by atoms with Crippen molar-refractivity contribution in [2.75, 3.05) is 11.9 Å². The van der Waals surface area contributed by atoms with Crippen molar-refractivity contribution in [3.8, 4) is 22.9 Å². The number of alkyl halides is 5. The van der Waals surface area contributed by atoms with E-state index in [1.54, 1.807) is 12.1 Å². The van der Waals surface area contributed by atoms with Gasteiger partial charge in [0.15, 0.2) is 17.2 Å². The van der Waals surface area contributed by atoms with Crippen molar-refractivity contribution < 1.29 is 41.0 Å². The average Bonchev–Trinajstić information content (AvgIpc) is 3.46. The van der Waals surface area contributed by atoms with Gasteiger partial charge in [0.05, 0.1) is 17.6 Å². The molecular weight excluding hydrogens is 515 g/mol. The number of amides is 1. The molecule has 1 aliphatic rings. The normalized spacial score (nSPS) is 13.8. The molecule has 0 fully saturated rings. The van der Waals surface area contributed by atoms with Gasteiger partial charge in [-0.3, -0.25) is 9.78 Å². The van der Waals surface area contributed by atoms with E-state index in [4.69, 9.17) is 4.74 Å². The molecule has 0 N–H and O–H groups in total. The SMILES string of the molecule is CN(C(=O)c1cccc(-n2nc(C(F)(F)F)cc2COc2cccnc2)c1)c1ccc2c(c1)OC(F)(F)O2. The van der Waals surface area contributed by atoms with Crippen LogP contribution in [0, 0.1) is 0 Å². The second kappa shape index (κ2) is 9.32. The van der Waals surface area contributed by atoms with E-state index in [1.165, 1.54) is 66.8 Å². The van der Waals surface area contributed by atoms with E-state index >= 15 is 0 Å². The summed E-state index contributed by atoms with van der Waals surface area (Å²) in [5, 5.41) is 3.69. The molecule has 1 amide bonds. The minimum absolute atomic E-state index is 0.0795. The Morgan fingerprint density at radius 2 is 1.84 bits per heavy atom. The van der Waals surface area contributed by atoms with Crippen molar-refractivity contribution in [2.24, 2.45) is 0 Å². The molecule has 3 heterocycles. The van der Waals surface area contributed by atoms with E-state index in [0.717, 1.165) is 10.7 Å². The number of fused-ring (bicyclic) bond motifs is 1. The highest BCUT2D eigenvalue weighted by atomic mass is 19.4. The predicted molar refractivity (Wildman–Crippen MR) is 123 cm³/mol. The third kappa shape index (κ3) is 5.08. The number of benzene rings is 2. The lowest BCUT2D eigenvalue weighted by Gasteiger charge is -2.18. The number of hydrogen-bond donors (Lipinski definition) is 0. The fourth-order valence-electron chi connectivity index (χ4n) is 3.70. The van der Waals surface area contributed by atoms with Crippen LogP contribution in [0.2, 0.25) is 0 Å². The first-order valence-electron chi connectivity index (χ1n) is 11.0. The largest absolute Gasteiger partial charge is 0.586 e. The molecule has 8 nitrogen and oxygen atoms in total. The van der Waals surface area contributed by atoms with Crippen molar-refractivity contribution in [1.82, 2.24) is 14.8 Å². The van der Waals surface area contributed by atoms with Gasteiger partial charge in [-0.25, -0.2) is 4.68 Å². The molecule has 0 radical (unpaired) electrons. The summed E-state index contributed by atoms with van der Waals surface area (Å²) in [6.07, 6.45) is -5.58. The number of ether oxygens (including phenoxy) is 3. The van der Waals surface area contributed by atoms with Crippen molar-refractivity contribution >= 4 is 11.6 Å². The number of pyridine rings is 1. The molecule has 5 rings (SSSR count). The van der Waals surface area contributed by atoms with Crippen molar-refractivity contribution in [2.45, 2.75) is 19.1 Å². The smallest absolute Gasteiger partial charge is 0.486 e. The molecule has 13 heteroatoms. The monoisotopic (exact) mass is 532 g/mol. The first-order chi connectivity index (χ1) is 18.0. The van der Waals surface area contributed by atoms with E-state index in [-0.39, 0.29) is 40.7 Å². The van der Waals surface area contributed by atoms with Crippen LogP contribution in [0.15, 0.2) is 73.1 Å². The Morgan fingerprint density at radius 1 is 1.05 bits per heavy atom. The van der Waals surface area contributed by atoms with Crippen LogP contribution in [0.1, 0.15) is 21.7 Å². The predicted octanol–water partition coefficient (Wildman–Crippen LogP) is 5.46. The zero-order valence-corrected chi connectivity index (χ0v) is 19.4. The molecule has 1 aliphatic heterocycles. The van der Waals surface area contributed by atoms with Gasteiger partial charge in [0.25, 0.3) is 5.91 Å². The van der Waals surface area contributed by atoms with E-state index in [0.29, 0.717) is 5.75 Å². The molecular formula is C25H17F5N4O4. The van der Waals surface area contributed by atoms with E-state index in [1.807, 2.05) is 0 Å². The number of hydrogen-bond acceptors (Lipinski definition) is 6. The first-order valence-corrected chi connectivity index (χ1v) is 11.0. The second-order valence-corrected chi connectivity index (χ2v) is 8.12. The minimum atomic E-state index is -4.71. The summed E-state index contributed by atoms with van der Waals surface area (Å²) >= 11 is 0. The van der Waals surface area contributed by atoms with Crippen LogP contribution < -0.4 is 19.1 Å². The van der Waals surface area contributed by atoms with Gasteiger partial charge < -0.3 is 19.1 Å². The first kappa shape index (κ1) is 25.0. The van der Waals surface area contributed by atoms with E-state index in [9.17, 15) is 26.7 Å². The van der Waals surface area contributed by atoms with Gasteiger partial charge in [-0.15, -0.1) is 8.78 Å². The maximum absolute atomic E-state index is 13.5. The number of halogens is 5. The highest BCUT2D eigenvalue weighted by Crippen LogP contribution is 2.43. The number of aromatic nitrogens is 3. The number of nitrogens with zero attached hydrogens (tertiary/aromatic N) is 4. The molecule has 2 aromatic heterocycles. The van der Waals surface area contributed by atoms with Crippen molar-refractivity contribution in [1.29, 1.82) is 0 Å². The molecule has 2 aromatic carbocycles. The number of carbonyl (C=O) groups excluding carboxylic acids is 1. The number of rotatable bonds is 6. The lowest BCUT2D eigenvalue weighted by Crippen LogP contribution is -2.26. The molecule has 0 saturated carbocycles. The highest BCUT2D eigenvalue weighted by molar-refractivity contribution is 6.06. The number of anilines is 1. The maximum atomic E-state index is 13.5. The maximum Gasteiger partial charge on any atom is 0.586 e. The third-order valence-corrected chi connectivity index (χ3v) is 5.51. The van der Waals surface area contributed by atoms with Gasteiger partial charge in [-0.05, 0) is 48.5 Å². The van der Waals surface area contributed by atoms with Gasteiger partial charge in [0.2, 0.25) is 0 Å². The molecule has 4 aromatic rings. The fourth-order valence-corrected chi connectivity index (χ4v) is 3.70. The van der Waals surface area contributed by atoms with Gasteiger partial charge in [0.1, 0.15) is 12.4 Å². The second-order valence-electron chi connectivity index (χ2n) is 8.12. The third-order valence-electron chi connectivity index (χ3n) is 5.51. The van der Waals surface area contributed by atoms with Gasteiger partial charge in [-0.2, -0.15) is 18.3 Å². The van der Waals surface area contributed by atoms with Crippen LogP contribution in [0.5, 0.6) is 17.2 Å². The molecule has 0 atom stereocenters.